The predicted molar refractivity (Wildman–Crippen MR) is 78.8 cm³/mol. The summed E-state index contributed by atoms with van der Waals surface area (Å²) in [6.45, 7) is 4.98. The molecule has 2 nitrogen and oxygen atoms in total. The van der Waals surface area contributed by atoms with E-state index >= 15 is 0 Å². The minimum absolute atomic E-state index is 0.491. The van der Waals surface area contributed by atoms with Crippen LogP contribution in [0.4, 0.5) is 8.78 Å². The van der Waals surface area contributed by atoms with Crippen molar-refractivity contribution in [2.45, 2.75) is 26.8 Å². The maximum atomic E-state index is 13.3. The van der Waals surface area contributed by atoms with Crippen LogP contribution in [0.2, 0.25) is 0 Å². The van der Waals surface area contributed by atoms with Crippen molar-refractivity contribution in [3.05, 3.63) is 40.4 Å². The van der Waals surface area contributed by atoms with Gasteiger partial charge in [-0.1, -0.05) is 13.8 Å². The number of aromatic nitrogens is 1. The van der Waals surface area contributed by atoms with Crippen LogP contribution in [0.3, 0.4) is 0 Å². The van der Waals surface area contributed by atoms with E-state index in [0.29, 0.717) is 16.5 Å². The van der Waals surface area contributed by atoms with Crippen molar-refractivity contribution < 1.29 is 8.78 Å². The molecule has 108 valence electrons. The Morgan fingerprint density at radius 2 is 1.85 bits per heavy atom. The number of halogens is 2. The zero-order valence-electron chi connectivity index (χ0n) is 11.8. The molecule has 1 aromatic carbocycles. The van der Waals surface area contributed by atoms with E-state index in [0.717, 1.165) is 29.6 Å². The van der Waals surface area contributed by atoms with Crippen LogP contribution in [0.25, 0.3) is 10.6 Å². The summed E-state index contributed by atoms with van der Waals surface area (Å²) in [7, 11) is 1.88. The fourth-order valence-electron chi connectivity index (χ4n) is 2.03. The van der Waals surface area contributed by atoms with Gasteiger partial charge in [0.05, 0.1) is 5.69 Å². The van der Waals surface area contributed by atoms with Crippen molar-refractivity contribution in [1.82, 2.24) is 10.3 Å². The van der Waals surface area contributed by atoms with Crippen molar-refractivity contribution >= 4 is 11.3 Å². The second-order valence-corrected chi connectivity index (χ2v) is 6.26. The Hall–Kier alpha value is -1.33. The SMILES string of the molecule is CNCc1sc(-c2cc(F)cc(F)c2)nc1CC(C)C. The van der Waals surface area contributed by atoms with Crippen molar-refractivity contribution in [3.63, 3.8) is 0 Å². The topological polar surface area (TPSA) is 24.9 Å². The lowest BCUT2D eigenvalue weighted by Crippen LogP contribution is -2.07. The molecular formula is C15H18F2N2S. The molecule has 0 spiro atoms. The molecule has 20 heavy (non-hydrogen) atoms. The molecule has 2 rings (SSSR count). The molecule has 0 saturated carbocycles. The van der Waals surface area contributed by atoms with Gasteiger partial charge in [-0.25, -0.2) is 13.8 Å². The minimum Gasteiger partial charge on any atom is -0.315 e. The summed E-state index contributed by atoms with van der Waals surface area (Å²) in [5.41, 5.74) is 1.51. The second-order valence-electron chi connectivity index (χ2n) is 5.18. The van der Waals surface area contributed by atoms with Crippen LogP contribution in [0.15, 0.2) is 18.2 Å². The third-order valence-electron chi connectivity index (χ3n) is 2.83. The second kappa shape index (κ2) is 6.41. The summed E-state index contributed by atoms with van der Waals surface area (Å²) in [5, 5.41) is 3.78. The number of nitrogens with zero attached hydrogens (tertiary/aromatic N) is 1. The van der Waals surface area contributed by atoms with Crippen molar-refractivity contribution in [2.75, 3.05) is 7.05 Å². The molecular weight excluding hydrogens is 278 g/mol. The van der Waals surface area contributed by atoms with Gasteiger partial charge in [-0.15, -0.1) is 11.3 Å². The van der Waals surface area contributed by atoms with Gasteiger partial charge >= 0.3 is 0 Å². The Bertz CT molecular complexity index is 573. The van der Waals surface area contributed by atoms with E-state index < -0.39 is 11.6 Å². The van der Waals surface area contributed by atoms with Gasteiger partial charge in [-0.05, 0) is 31.5 Å². The quantitative estimate of drug-likeness (QED) is 0.902. The normalized spacial score (nSPS) is 11.3. The van der Waals surface area contributed by atoms with Crippen LogP contribution in [0.1, 0.15) is 24.4 Å². The summed E-state index contributed by atoms with van der Waals surface area (Å²) >= 11 is 1.49. The molecule has 0 amide bonds. The fourth-order valence-corrected chi connectivity index (χ4v) is 3.12. The van der Waals surface area contributed by atoms with Gasteiger partial charge < -0.3 is 5.32 Å². The molecule has 0 saturated heterocycles. The van der Waals surface area contributed by atoms with Crippen LogP contribution in [0, 0.1) is 17.6 Å². The van der Waals surface area contributed by atoms with Crippen molar-refractivity contribution in [2.24, 2.45) is 5.92 Å². The van der Waals surface area contributed by atoms with Gasteiger partial charge in [0.25, 0.3) is 0 Å². The van der Waals surface area contributed by atoms with E-state index in [-0.39, 0.29) is 0 Å². The molecule has 0 unspecified atom stereocenters. The summed E-state index contributed by atoms with van der Waals surface area (Å²) in [4.78, 5) is 5.69. The van der Waals surface area contributed by atoms with E-state index in [1.807, 2.05) is 7.05 Å². The number of rotatable bonds is 5. The third-order valence-corrected chi connectivity index (χ3v) is 3.97. The van der Waals surface area contributed by atoms with E-state index in [9.17, 15) is 8.78 Å². The lowest BCUT2D eigenvalue weighted by atomic mass is 10.1. The maximum absolute atomic E-state index is 13.3. The first-order valence-electron chi connectivity index (χ1n) is 6.59. The minimum atomic E-state index is -0.573. The van der Waals surface area contributed by atoms with E-state index in [1.165, 1.54) is 23.5 Å². The van der Waals surface area contributed by atoms with E-state index in [1.54, 1.807) is 0 Å². The molecule has 0 bridgehead atoms. The average molecular weight is 296 g/mol. The number of hydrogen-bond donors (Lipinski definition) is 1. The molecule has 0 fully saturated rings. The standard InChI is InChI=1S/C15H18F2N2S/c1-9(2)4-13-14(8-18-3)20-15(19-13)10-5-11(16)7-12(17)6-10/h5-7,9,18H,4,8H2,1-3H3. The first-order valence-corrected chi connectivity index (χ1v) is 7.41. The Labute approximate surface area is 121 Å². The lowest BCUT2D eigenvalue weighted by molar-refractivity contribution is 0.584. The Morgan fingerprint density at radius 1 is 1.20 bits per heavy atom. The van der Waals surface area contributed by atoms with Gasteiger partial charge in [0.2, 0.25) is 0 Å². The van der Waals surface area contributed by atoms with Crippen LogP contribution >= 0.6 is 11.3 Å². The van der Waals surface area contributed by atoms with Gasteiger partial charge in [-0.2, -0.15) is 0 Å². The van der Waals surface area contributed by atoms with Crippen LogP contribution in [-0.4, -0.2) is 12.0 Å². The number of benzene rings is 1. The molecule has 5 heteroatoms. The summed E-state index contributed by atoms with van der Waals surface area (Å²) in [6, 6.07) is 3.52. The van der Waals surface area contributed by atoms with Crippen LogP contribution in [-0.2, 0) is 13.0 Å². The first kappa shape index (κ1) is 15.1. The molecule has 0 aliphatic rings. The highest BCUT2D eigenvalue weighted by molar-refractivity contribution is 7.15. The molecule has 1 N–H and O–H groups in total. The fraction of sp³-hybridized carbons (Fsp3) is 0.400. The number of thiazole rings is 1. The van der Waals surface area contributed by atoms with Crippen molar-refractivity contribution in [1.29, 1.82) is 0 Å². The number of nitrogens with one attached hydrogen (secondary N) is 1. The average Bonchev–Trinajstić information content (AvgIpc) is 2.71. The molecule has 1 heterocycles. The van der Waals surface area contributed by atoms with Gasteiger partial charge in [0, 0.05) is 23.1 Å². The molecule has 0 radical (unpaired) electrons. The predicted octanol–water partition coefficient (Wildman–Crippen LogP) is 4.01. The highest BCUT2D eigenvalue weighted by Crippen LogP contribution is 2.30. The van der Waals surface area contributed by atoms with Crippen LogP contribution in [0.5, 0.6) is 0 Å². The summed E-state index contributed by atoms with van der Waals surface area (Å²) in [5.74, 6) is -0.656. The van der Waals surface area contributed by atoms with Crippen molar-refractivity contribution in [3.8, 4) is 10.6 Å². The summed E-state index contributed by atoms with van der Waals surface area (Å²) < 4.78 is 26.6. The van der Waals surface area contributed by atoms with Gasteiger partial charge in [-0.3, -0.25) is 0 Å². The molecule has 2 aromatic rings. The largest absolute Gasteiger partial charge is 0.315 e. The van der Waals surface area contributed by atoms with E-state index in [2.05, 4.69) is 24.1 Å². The Morgan fingerprint density at radius 3 is 2.40 bits per heavy atom. The first-order chi connectivity index (χ1) is 9.49. The third kappa shape index (κ3) is 3.61. The molecule has 1 aromatic heterocycles. The molecule has 0 atom stereocenters. The van der Waals surface area contributed by atoms with Gasteiger partial charge in [0.15, 0.2) is 0 Å². The monoisotopic (exact) mass is 296 g/mol. The Kier molecular flexibility index (Phi) is 4.83. The van der Waals surface area contributed by atoms with Gasteiger partial charge in [0.1, 0.15) is 16.6 Å². The van der Waals surface area contributed by atoms with E-state index in [4.69, 9.17) is 0 Å². The lowest BCUT2D eigenvalue weighted by Gasteiger charge is -2.03. The molecule has 0 aliphatic carbocycles. The smallest absolute Gasteiger partial charge is 0.126 e. The highest BCUT2D eigenvalue weighted by Gasteiger charge is 2.14. The number of hydrogen-bond acceptors (Lipinski definition) is 3. The molecule has 0 aliphatic heterocycles. The van der Waals surface area contributed by atoms with Crippen LogP contribution < -0.4 is 5.32 Å². The zero-order chi connectivity index (χ0) is 14.7. The maximum Gasteiger partial charge on any atom is 0.126 e. The zero-order valence-corrected chi connectivity index (χ0v) is 12.7. The Balaban J connectivity index is 2.41. The summed E-state index contributed by atoms with van der Waals surface area (Å²) in [6.07, 6.45) is 0.866. The highest BCUT2D eigenvalue weighted by atomic mass is 32.1.